The van der Waals surface area contributed by atoms with Gasteiger partial charge in [0.2, 0.25) is 0 Å². The maximum atomic E-state index is 13.4. The van der Waals surface area contributed by atoms with Gasteiger partial charge in [-0.25, -0.2) is 0 Å². The Morgan fingerprint density at radius 1 is 1.03 bits per heavy atom. The number of hydrogen-bond donors (Lipinski definition) is 1. The molecule has 0 bridgehead atoms. The third-order valence-electron chi connectivity index (χ3n) is 5.84. The Morgan fingerprint density at radius 2 is 1.86 bits per heavy atom. The molecule has 2 heterocycles. The first-order chi connectivity index (χ1) is 14.2. The molecule has 0 unspecified atom stereocenters. The van der Waals surface area contributed by atoms with Crippen LogP contribution in [0.4, 0.5) is 11.4 Å². The highest BCUT2D eigenvalue weighted by Gasteiger charge is 2.42. The van der Waals surface area contributed by atoms with E-state index in [1.165, 1.54) is 0 Å². The van der Waals surface area contributed by atoms with Crippen LogP contribution in [0.3, 0.4) is 0 Å². The molecule has 1 N–H and O–H groups in total. The van der Waals surface area contributed by atoms with Crippen LogP contribution in [0, 0.1) is 5.92 Å². The van der Waals surface area contributed by atoms with Crippen molar-refractivity contribution in [3.05, 3.63) is 78.3 Å². The Labute approximate surface area is 169 Å². The molecule has 5 heteroatoms. The van der Waals surface area contributed by atoms with E-state index in [0.717, 1.165) is 34.2 Å². The van der Waals surface area contributed by atoms with Crippen LogP contribution in [0.5, 0.6) is 5.75 Å². The predicted molar refractivity (Wildman–Crippen MR) is 112 cm³/mol. The number of anilines is 1. The number of nitrogens with one attached hydrogen (secondary N) is 1. The summed E-state index contributed by atoms with van der Waals surface area (Å²) >= 11 is 0. The van der Waals surface area contributed by atoms with Crippen LogP contribution in [0.15, 0.2) is 76.3 Å². The van der Waals surface area contributed by atoms with Gasteiger partial charge in [0, 0.05) is 18.1 Å². The van der Waals surface area contributed by atoms with Crippen molar-refractivity contribution < 1.29 is 13.9 Å². The number of carbonyl (C=O) groups is 1. The predicted octanol–water partition coefficient (Wildman–Crippen LogP) is 5.29. The van der Waals surface area contributed by atoms with E-state index < -0.39 is 0 Å². The number of nitrogens with zero attached hydrogens (tertiary/aromatic N) is 1. The van der Waals surface area contributed by atoms with Gasteiger partial charge in [-0.3, -0.25) is 9.79 Å². The molecule has 1 aromatic heterocycles. The average molecular weight is 386 g/mol. The number of benzene rings is 2. The first-order valence-corrected chi connectivity index (χ1v) is 9.86. The molecule has 5 nitrogen and oxygen atoms in total. The third-order valence-corrected chi connectivity index (χ3v) is 5.84. The number of carbonyl (C=O) groups excluding carboxylic acids is 1. The fraction of sp³-hybridized carbons (Fsp3) is 0.250. The first-order valence-electron chi connectivity index (χ1n) is 9.86. The van der Waals surface area contributed by atoms with Crippen LogP contribution in [0.1, 0.15) is 36.1 Å². The van der Waals surface area contributed by atoms with E-state index in [0.29, 0.717) is 12.8 Å². The number of fused-ring (bicyclic) bond motifs is 2. The molecule has 5 rings (SSSR count). The van der Waals surface area contributed by atoms with Gasteiger partial charge in [0.15, 0.2) is 0 Å². The highest BCUT2D eigenvalue weighted by Crippen LogP contribution is 2.44. The lowest BCUT2D eigenvalue weighted by Gasteiger charge is -2.33. The van der Waals surface area contributed by atoms with Crippen molar-refractivity contribution in [3.8, 4) is 5.75 Å². The molecule has 0 amide bonds. The Kier molecular flexibility index (Phi) is 4.43. The Bertz CT molecular complexity index is 1050. The van der Waals surface area contributed by atoms with Crippen molar-refractivity contribution in [2.45, 2.75) is 24.8 Å². The summed E-state index contributed by atoms with van der Waals surface area (Å²) < 4.78 is 10.9. The molecular formula is C24H22N2O3. The van der Waals surface area contributed by atoms with E-state index in [9.17, 15) is 4.79 Å². The number of Topliss-reactive ketones (excluding diaryl/α,β-unsaturated/α-hetero) is 1. The summed E-state index contributed by atoms with van der Waals surface area (Å²) in [5.74, 6) is 1.57. The molecule has 1 aliphatic carbocycles. The smallest absolute Gasteiger partial charge is 0.144 e. The maximum absolute atomic E-state index is 13.4. The van der Waals surface area contributed by atoms with Crippen LogP contribution < -0.4 is 10.1 Å². The Morgan fingerprint density at radius 3 is 2.62 bits per heavy atom. The summed E-state index contributed by atoms with van der Waals surface area (Å²) in [6.45, 7) is 0. The lowest BCUT2D eigenvalue weighted by atomic mass is 9.73. The zero-order valence-corrected chi connectivity index (χ0v) is 16.2. The molecule has 0 spiro atoms. The summed E-state index contributed by atoms with van der Waals surface area (Å²) in [6, 6.07) is 19.5. The van der Waals surface area contributed by atoms with Crippen LogP contribution in [0.25, 0.3) is 0 Å². The fourth-order valence-corrected chi connectivity index (χ4v) is 4.41. The van der Waals surface area contributed by atoms with Gasteiger partial charge in [0.05, 0.1) is 36.7 Å². The van der Waals surface area contributed by atoms with Crippen LogP contribution >= 0.6 is 0 Å². The van der Waals surface area contributed by atoms with Crippen molar-refractivity contribution in [1.29, 1.82) is 0 Å². The number of aliphatic imine (C=N–C) groups is 1. The quantitative estimate of drug-likeness (QED) is 0.664. The lowest BCUT2D eigenvalue weighted by Crippen LogP contribution is -2.38. The summed E-state index contributed by atoms with van der Waals surface area (Å²) in [4.78, 5) is 18.3. The molecule has 2 aromatic carbocycles. The van der Waals surface area contributed by atoms with Gasteiger partial charge >= 0.3 is 0 Å². The van der Waals surface area contributed by atoms with E-state index in [4.69, 9.17) is 14.1 Å². The van der Waals surface area contributed by atoms with Gasteiger partial charge in [-0.1, -0.05) is 24.3 Å². The third kappa shape index (κ3) is 3.23. The minimum atomic E-state index is -0.304. The fourth-order valence-electron chi connectivity index (χ4n) is 4.41. The number of hydrogen-bond acceptors (Lipinski definition) is 5. The highest BCUT2D eigenvalue weighted by atomic mass is 16.5. The number of furan rings is 1. The van der Waals surface area contributed by atoms with Crippen molar-refractivity contribution in [3.63, 3.8) is 0 Å². The van der Waals surface area contributed by atoms with Crippen LogP contribution in [0.2, 0.25) is 0 Å². The monoisotopic (exact) mass is 386 g/mol. The molecule has 29 heavy (non-hydrogen) atoms. The zero-order valence-electron chi connectivity index (χ0n) is 16.2. The van der Waals surface area contributed by atoms with E-state index in [1.807, 2.05) is 60.7 Å². The van der Waals surface area contributed by atoms with Gasteiger partial charge in [-0.15, -0.1) is 0 Å². The standard InChI is InChI=1S/C24H22N2O3/c1-28-17-10-8-15(9-11-17)24-23-20(25-18-5-2-3-6-19(18)26-24)13-16(14-21(23)27)22-7-4-12-29-22/h2-12,16,23-24,26H,13-14H2,1H3/t16-,23-,24+/m0/s1. The molecule has 1 saturated carbocycles. The molecular weight excluding hydrogens is 364 g/mol. The second-order valence-electron chi connectivity index (χ2n) is 7.58. The van der Waals surface area contributed by atoms with Crippen molar-refractivity contribution >= 4 is 22.9 Å². The molecule has 3 aromatic rings. The summed E-state index contributed by atoms with van der Waals surface area (Å²) in [5.41, 5.74) is 3.78. The molecule has 3 atom stereocenters. The van der Waals surface area contributed by atoms with Gasteiger partial charge in [0.1, 0.15) is 17.3 Å². The molecule has 0 radical (unpaired) electrons. The second kappa shape index (κ2) is 7.24. The number of para-hydroxylation sites is 2. The van der Waals surface area contributed by atoms with Crippen molar-refractivity contribution in [2.24, 2.45) is 10.9 Å². The minimum Gasteiger partial charge on any atom is -0.497 e. The van der Waals surface area contributed by atoms with Crippen LogP contribution in [-0.2, 0) is 4.79 Å². The largest absolute Gasteiger partial charge is 0.497 e. The van der Waals surface area contributed by atoms with Gasteiger partial charge < -0.3 is 14.5 Å². The summed E-state index contributed by atoms with van der Waals surface area (Å²) in [7, 11) is 1.65. The first kappa shape index (κ1) is 17.7. The number of ether oxygens (including phenoxy) is 1. The molecule has 2 aliphatic rings. The Balaban J connectivity index is 1.58. The van der Waals surface area contributed by atoms with Crippen molar-refractivity contribution in [1.82, 2.24) is 0 Å². The van der Waals surface area contributed by atoms with Gasteiger partial charge in [-0.05, 0) is 48.4 Å². The summed E-state index contributed by atoms with van der Waals surface area (Å²) in [5, 5.41) is 3.59. The molecule has 1 aliphatic heterocycles. The Hall–Kier alpha value is -3.34. The topological polar surface area (TPSA) is 63.8 Å². The lowest BCUT2D eigenvalue weighted by molar-refractivity contribution is -0.122. The number of rotatable bonds is 3. The number of ketones is 1. The van der Waals surface area contributed by atoms with Crippen molar-refractivity contribution in [2.75, 3.05) is 12.4 Å². The normalized spacial score (nSPS) is 23.3. The SMILES string of the molecule is COc1ccc([C@H]2Nc3ccccc3N=C3C[C@H](c4ccco4)CC(=O)[C@H]32)cc1. The van der Waals surface area contributed by atoms with Gasteiger partial charge in [0.25, 0.3) is 0 Å². The number of methoxy groups -OCH3 is 1. The average Bonchev–Trinajstić information content (AvgIpc) is 3.23. The van der Waals surface area contributed by atoms with E-state index in [2.05, 4.69) is 5.32 Å². The molecule has 146 valence electrons. The van der Waals surface area contributed by atoms with Crippen LogP contribution in [-0.4, -0.2) is 18.6 Å². The van der Waals surface area contributed by atoms with E-state index in [1.54, 1.807) is 13.4 Å². The second-order valence-corrected chi connectivity index (χ2v) is 7.58. The zero-order chi connectivity index (χ0) is 19.8. The van der Waals surface area contributed by atoms with Gasteiger partial charge in [-0.2, -0.15) is 0 Å². The molecule has 0 saturated heterocycles. The minimum absolute atomic E-state index is 0.0364. The van der Waals surface area contributed by atoms with E-state index in [-0.39, 0.29) is 23.7 Å². The molecule has 1 fully saturated rings. The van der Waals surface area contributed by atoms with E-state index >= 15 is 0 Å². The summed E-state index contributed by atoms with van der Waals surface area (Å²) in [6.07, 6.45) is 2.84. The highest BCUT2D eigenvalue weighted by molar-refractivity contribution is 6.10. The maximum Gasteiger partial charge on any atom is 0.144 e.